The Balaban J connectivity index is 1.65. The van der Waals surface area contributed by atoms with E-state index in [2.05, 4.69) is 29.5 Å². The lowest BCUT2D eigenvalue weighted by Crippen LogP contribution is -2.22. The van der Waals surface area contributed by atoms with E-state index in [1.54, 1.807) is 0 Å². The molecule has 112 valence electrons. The van der Waals surface area contributed by atoms with Crippen molar-refractivity contribution in [2.75, 3.05) is 39.3 Å². The molecule has 0 aromatic rings. The van der Waals surface area contributed by atoms with E-state index in [4.69, 9.17) is 0 Å². The summed E-state index contributed by atoms with van der Waals surface area (Å²) in [4.78, 5) is 5.07. The third-order valence-corrected chi connectivity index (χ3v) is 4.71. The molecule has 2 saturated heterocycles. The van der Waals surface area contributed by atoms with Gasteiger partial charge in [-0.25, -0.2) is 0 Å². The smallest absolute Gasteiger partial charge is 0.00218 e. The van der Waals surface area contributed by atoms with E-state index in [1.165, 1.54) is 63.0 Å². The van der Waals surface area contributed by atoms with Crippen LogP contribution < -0.4 is 0 Å². The molecule has 2 heterocycles. The van der Waals surface area contributed by atoms with Crippen LogP contribution in [-0.4, -0.2) is 49.1 Å². The zero-order valence-electron chi connectivity index (χ0n) is 13.0. The standard InChI is InChI=1S/C18H30N2/c1-16(8-14-19-10-4-5-11-19)18(3)17(2)9-15-20-12-6-7-13-20/h1-15H2. The number of hydrogen-bond acceptors (Lipinski definition) is 2. The van der Waals surface area contributed by atoms with Gasteiger partial charge in [-0.15, -0.1) is 0 Å². The molecule has 0 radical (unpaired) electrons. The Morgan fingerprint density at radius 3 is 1.35 bits per heavy atom. The fourth-order valence-electron chi connectivity index (χ4n) is 3.15. The zero-order chi connectivity index (χ0) is 14.4. The lowest BCUT2D eigenvalue weighted by Gasteiger charge is -2.19. The first-order valence-corrected chi connectivity index (χ1v) is 8.17. The summed E-state index contributed by atoms with van der Waals surface area (Å²) in [5.41, 5.74) is 3.47. The number of hydrogen-bond donors (Lipinski definition) is 0. The monoisotopic (exact) mass is 274 g/mol. The Bertz CT molecular complexity index is 324. The number of nitrogens with zero attached hydrogens (tertiary/aromatic N) is 2. The minimum atomic E-state index is 1.04. The van der Waals surface area contributed by atoms with Gasteiger partial charge in [0, 0.05) is 13.1 Å². The second kappa shape index (κ2) is 7.80. The molecule has 0 aromatic carbocycles. The first-order chi connectivity index (χ1) is 9.66. The van der Waals surface area contributed by atoms with Crippen LogP contribution in [0.2, 0.25) is 0 Å². The largest absolute Gasteiger partial charge is 0.303 e. The lowest BCUT2D eigenvalue weighted by molar-refractivity contribution is 0.341. The van der Waals surface area contributed by atoms with E-state index in [0.717, 1.165) is 31.5 Å². The van der Waals surface area contributed by atoms with E-state index in [0.29, 0.717) is 0 Å². The molecule has 0 atom stereocenters. The van der Waals surface area contributed by atoms with E-state index in [1.807, 2.05) is 0 Å². The van der Waals surface area contributed by atoms with Gasteiger partial charge in [0.25, 0.3) is 0 Å². The maximum atomic E-state index is 4.22. The fraction of sp³-hybridized carbons (Fsp3) is 0.667. The molecule has 2 nitrogen and oxygen atoms in total. The third kappa shape index (κ3) is 4.60. The Hall–Kier alpha value is -0.860. The quantitative estimate of drug-likeness (QED) is 0.624. The van der Waals surface area contributed by atoms with Gasteiger partial charge in [0.1, 0.15) is 0 Å². The van der Waals surface area contributed by atoms with Gasteiger partial charge in [0.15, 0.2) is 0 Å². The Labute approximate surface area is 124 Å². The SMILES string of the molecule is C=C(CCN1CCCC1)C(=C)C(=C)CCN1CCCC1. The molecule has 20 heavy (non-hydrogen) atoms. The fourth-order valence-corrected chi connectivity index (χ4v) is 3.15. The summed E-state index contributed by atoms with van der Waals surface area (Å²) in [6.07, 6.45) is 7.51. The molecule has 2 aliphatic heterocycles. The van der Waals surface area contributed by atoms with Crippen molar-refractivity contribution in [3.8, 4) is 0 Å². The van der Waals surface area contributed by atoms with Crippen molar-refractivity contribution in [1.29, 1.82) is 0 Å². The highest BCUT2D eigenvalue weighted by Gasteiger charge is 2.14. The van der Waals surface area contributed by atoms with Gasteiger partial charge >= 0.3 is 0 Å². The van der Waals surface area contributed by atoms with Crippen LogP contribution in [0, 0.1) is 0 Å². The van der Waals surface area contributed by atoms with Crippen molar-refractivity contribution in [3.05, 3.63) is 36.5 Å². The molecule has 0 aliphatic carbocycles. The topological polar surface area (TPSA) is 6.48 Å². The van der Waals surface area contributed by atoms with E-state index >= 15 is 0 Å². The van der Waals surface area contributed by atoms with Crippen molar-refractivity contribution >= 4 is 0 Å². The first kappa shape index (κ1) is 15.5. The number of rotatable bonds is 8. The molecule has 0 aromatic heterocycles. The number of allylic oxidation sites excluding steroid dienone is 1. The van der Waals surface area contributed by atoms with Crippen LogP contribution >= 0.6 is 0 Å². The van der Waals surface area contributed by atoms with Crippen molar-refractivity contribution in [2.24, 2.45) is 0 Å². The summed E-state index contributed by atoms with van der Waals surface area (Å²) in [5.74, 6) is 0. The van der Waals surface area contributed by atoms with Crippen LogP contribution in [0.25, 0.3) is 0 Å². The number of likely N-dealkylation sites (tertiary alicyclic amines) is 2. The lowest BCUT2D eigenvalue weighted by atomic mass is 9.97. The van der Waals surface area contributed by atoms with Gasteiger partial charge in [-0.1, -0.05) is 19.7 Å². The average Bonchev–Trinajstić information content (AvgIpc) is 3.14. The van der Waals surface area contributed by atoms with Crippen molar-refractivity contribution in [1.82, 2.24) is 9.80 Å². The van der Waals surface area contributed by atoms with E-state index < -0.39 is 0 Å². The molecule has 0 unspecified atom stereocenters. The molecule has 0 amide bonds. The minimum Gasteiger partial charge on any atom is -0.303 e. The van der Waals surface area contributed by atoms with Crippen molar-refractivity contribution < 1.29 is 0 Å². The second-order valence-corrected chi connectivity index (χ2v) is 6.28. The van der Waals surface area contributed by atoms with Gasteiger partial charge in [-0.3, -0.25) is 0 Å². The van der Waals surface area contributed by atoms with Crippen molar-refractivity contribution in [2.45, 2.75) is 38.5 Å². The molecule has 2 aliphatic rings. The molecule has 0 bridgehead atoms. The van der Waals surface area contributed by atoms with Crippen LogP contribution in [0.3, 0.4) is 0 Å². The summed E-state index contributed by atoms with van der Waals surface area (Å²) >= 11 is 0. The molecular weight excluding hydrogens is 244 g/mol. The van der Waals surface area contributed by atoms with Gasteiger partial charge < -0.3 is 9.80 Å². The predicted molar refractivity (Wildman–Crippen MR) is 88.0 cm³/mol. The summed E-state index contributed by atoms with van der Waals surface area (Å²) in [5, 5.41) is 0. The maximum Gasteiger partial charge on any atom is 0.00218 e. The summed E-state index contributed by atoms with van der Waals surface area (Å²) < 4.78 is 0. The summed E-state index contributed by atoms with van der Waals surface area (Å²) in [6.45, 7) is 20.0. The maximum absolute atomic E-state index is 4.22. The average molecular weight is 274 g/mol. The summed E-state index contributed by atoms with van der Waals surface area (Å²) in [6, 6.07) is 0. The second-order valence-electron chi connectivity index (χ2n) is 6.28. The van der Waals surface area contributed by atoms with Crippen LogP contribution in [0.15, 0.2) is 36.5 Å². The van der Waals surface area contributed by atoms with E-state index in [-0.39, 0.29) is 0 Å². The van der Waals surface area contributed by atoms with Gasteiger partial charge in [-0.2, -0.15) is 0 Å². The van der Waals surface area contributed by atoms with Crippen LogP contribution in [0.1, 0.15) is 38.5 Å². The zero-order valence-corrected chi connectivity index (χ0v) is 13.0. The molecule has 2 fully saturated rings. The first-order valence-electron chi connectivity index (χ1n) is 8.17. The third-order valence-electron chi connectivity index (χ3n) is 4.71. The van der Waals surface area contributed by atoms with Gasteiger partial charge in [-0.05, 0) is 81.4 Å². The minimum absolute atomic E-state index is 1.04. The highest BCUT2D eigenvalue weighted by molar-refractivity contribution is 5.41. The molecule has 2 heteroatoms. The Morgan fingerprint density at radius 2 is 1.00 bits per heavy atom. The predicted octanol–water partition coefficient (Wildman–Crippen LogP) is 3.63. The van der Waals surface area contributed by atoms with Gasteiger partial charge in [0.2, 0.25) is 0 Å². The highest BCUT2D eigenvalue weighted by Crippen LogP contribution is 2.22. The highest BCUT2D eigenvalue weighted by atomic mass is 15.1. The van der Waals surface area contributed by atoms with Gasteiger partial charge in [0.05, 0.1) is 0 Å². The van der Waals surface area contributed by atoms with Crippen LogP contribution in [-0.2, 0) is 0 Å². The molecule has 2 rings (SSSR count). The molecular formula is C18H30N2. The Morgan fingerprint density at radius 1 is 0.650 bits per heavy atom. The van der Waals surface area contributed by atoms with Crippen LogP contribution in [0.5, 0.6) is 0 Å². The Kier molecular flexibility index (Phi) is 6.06. The summed E-state index contributed by atoms with van der Waals surface area (Å²) in [7, 11) is 0. The molecule has 0 spiro atoms. The van der Waals surface area contributed by atoms with E-state index in [9.17, 15) is 0 Å². The molecule has 0 N–H and O–H groups in total. The molecule has 0 saturated carbocycles. The normalized spacial score (nSPS) is 20.4. The van der Waals surface area contributed by atoms with Crippen molar-refractivity contribution in [3.63, 3.8) is 0 Å². The van der Waals surface area contributed by atoms with Crippen LogP contribution in [0.4, 0.5) is 0 Å².